The molecule has 0 bridgehead atoms. The fourth-order valence-electron chi connectivity index (χ4n) is 1.80. The second-order valence-electron chi connectivity index (χ2n) is 4.41. The minimum absolute atomic E-state index is 0.346. The SMILES string of the molecule is CNCCCc1cnc(-c2ccc(C(F)(F)F)cc2)o1. The lowest BCUT2D eigenvalue weighted by molar-refractivity contribution is -0.137. The fraction of sp³-hybridized carbons (Fsp3) is 0.357. The van der Waals surface area contributed by atoms with Crippen LogP contribution in [0.25, 0.3) is 11.5 Å². The van der Waals surface area contributed by atoms with Gasteiger partial charge in [-0.25, -0.2) is 4.98 Å². The maximum absolute atomic E-state index is 12.5. The van der Waals surface area contributed by atoms with Gasteiger partial charge in [0.05, 0.1) is 11.8 Å². The minimum Gasteiger partial charge on any atom is -0.441 e. The van der Waals surface area contributed by atoms with Crippen LogP contribution in [0.2, 0.25) is 0 Å². The van der Waals surface area contributed by atoms with E-state index in [1.54, 1.807) is 6.20 Å². The Labute approximate surface area is 114 Å². The molecule has 0 atom stereocenters. The molecule has 0 fully saturated rings. The second kappa shape index (κ2) is 6.09. The first-order valence-corrected chi connectivity index (χ1v) is 6.27. The third-order valence-electron chi connectivity index (χ3n) is 2.86. The van der Waals surface area contributed by atoms with Crippen LogP contribution < -0.4 is 5.32 Å². The molecule has 0 saturated heterocycles. The molecule has 6 heteroatoms. The molecule has 108 valence electrons. The Kier molecular flexibility index (Phi) is 4.44. The van der Waals surface area contributed by atoms with Crippen LogP contribution in [0, 0.1) is 0 Å². The summed E-state index contributed by atoms with van der Waals surface area (Å²) < 4.78 is 42.9. The number of alkyl halides is 3. The Morgan fingerprint density at radius 2 is 1.90 bits per heavy atom. The van der Waals surface area contributed by atoms with Gasteiger partial charge in [-0.05, 0) is 44.3 Å². The summed E-state index contributed by atoms with van der Waals surface area (Å²) >= 11 is 0. The van der Waals surface area contributed by atoms with Crippen LogP contribution in [0.3, 0.4) is 0 Å². The summed E-state index contributed by atoms with van der Waals surface area (Å²) in [6.07, 6.45) is -1.05. The van der Waals surface area contributed by atoms with Crippen molar-refractivity contribution in [3.8, 4) is 11.5 Å². The molecule has 1 aromatic carbocycles. The third kappa shape index (κ3) is 3.60. The number of nitrogens with one attached hydrogen (secondary N) is 1. The molecule has 0 amide bonds. The van der Waals surface area contributed by atoms with Crippen molar-refractivity contribution in [3.05, 3.63) is 41.8 Å². The normalized spacial score (nSPS) is 11.8. The molecule has 0 aliphatic carbocycles. The largest absolute Gasteiger partial charge is 0.441 e. The average Bonchev–Trinajstić information content (AvgIpc) is 2.87. The molecule has 0 radical (unpaired) electrons. The third-order valence-corrected chi connectivity index (χ3v) is 2.86. The van der Waals surface area contributed by atoms with Crippen molar-refractivity contribution in [2.45, 2.75) is 19.0 Å². The molecular weight excluding hydrogens is 269 g/mol. The van der Waals surface area contributed by atoms with E-state index in [2.05, 4.69) is 10.3 Å². The van der Waals surface area contributed by atoms with Gasteiger partial charge in [-0.1, -0.05) is 0 Å². The Balaban J connectivity index is 2.08. The van der Waals surface area contributed by atoms with Gasteiger partial charge >= 0.3 is 6.18 Å². The van der Waals surface area contributed by atoms with Crippen LogP contribution in [-0.4, -0.2) is 18.6 Å². The molecule has 1 heterocycles. The lowest BCUT2D eigenvalue weighted by Crippen LogP contribution is -2.08. The van der Waals surface area contributed by atoms with Crippen molar-refractivity contribution in [2.75, 3.05) is 13.6 Å². The molecule has 0 unspecified atom stereocenters. The first kappa shape index (κ1) is 14.6. The maximum Gasteiger partial charge on any atom is 0.416 e. The van der Waals surface area contributed by atoms with Crippen LogP contribution in [0.5, 0.6) is 0 Å². The van der Waals surface area contributed by atoms with Crippen LogP contribution in [0.4, 0.5) is 13.2 Å². The highest BCUT2D eigenvalue weighted by Gasteiger charge is 2.30. The van der Waals surface area contributed by atoms with Crippen molar-refractivity contribution < 1.29 is 17.6 Å². The van der Waals surface area contributed by atoms with Crippen LogP contribution >= 0.6 is 0 Å². The molecule has 20 heavy (non-hydrogen) atoms. The lowest BCUT2D eigenvalue weighted by Gasteiger charge is -2.06. The van der Waals surface area contributed by atoms with E-state index in [1.807, 2.05) is 7.05 Å². The molecule has 2 aromatic rings. The molecule has 0 saturated carbocycles. The highest BCUT2D eigenvalue weighted by Crippen LogP contribution is 2.30. The Morgan fingerprint density at radius 3 is 2.50 bits per heavy atom. The van der Waals surface area contributed by atoms with Gasteiger partial charge < -0.3 is 9.73 Å². The van der Waals surface area contributed by atoms with Crippen molar-refractivity contribution in [1.82, 2.24) is 10.3 Å². The molecule has 1 aromatic heterocycles. The van der Waals surface area contributed by atoms with Gasteiger partial charge in [0.25, 0.3) is 0 Å². The number of hydrogen-bond acceptors (Lipinski definition) is 3. The number of hydrogen-bond donors (Lipinski definition) is 1. The van der Waals surface area contributed by atoms with E-state index in [4.69, 9.17) is 4.42 Å². The van der Waals surface area contributed by atoms with Crippen LogP contribution in [-0.2, 0) is 12.6 Å². The number of aryl methyl sites for hydroxylation is 1. The summed E-state index contributed by atoms with van der Waals surface area (Å²) in [6.45, 7) is 0.871. The lowest BCUT2D eigenvalue weighted by atomic mass is 10.1. The highest BCUT2D eigenvalue weighted by atomic mass is 19.4. The topological polar surface area (TPSA) is 38.1 Å². The number of aromatic nitrogens is 1. The van der Waals surface area contributed by atoms with Crippen LogP contribution in [0.15, 0.2) is 34.9 Å². The molecular formula is C14H15F3N2O. The first-order chi connectivity index (χ1) is 9.50. The maximum atomic E-state index is 12.5. The molecule has 1 N–H and O–H groups in total. The Bertz CT molecular complexity index is 546. The monoisotopic (exact) mass is 284 g/mol. The quantitative estimate of drug-likeness (QED) is 0.854. The Hall–Kier alpha value is -1.82. The van der Waals surface area contributed by atoms with Gasteiger partial charge in [-0.15, -0.1) is 0 Å². The molecule has 2 rings (SSSR count). The predicted molar refractivity (Wildman–Crippen MR) is 69.2 cm³/mol. The van der Waals surface area contributed by atoms with Crippen LogP contribution in [0.1, 0.15) is 17.7 Å². The van der Waals surface area contributed by atoms with E-state index < -0.39 is 11.7 Å². The molecule has 0 aliphatic rings. The van der Waals surface area contributed by atoms with Crippen molar-refractivity contribution in [1.29, 1.82) is 0 Å². The van der Waals surface area contributed by atoms with Crippen molar-refractivity contribution in [2.24, 2.45) is 0 Å². The number of oxazole rings is 1. The van der Waals surface area contributed by atoms with Gasteiger partial charge in [0, 0.05) is 12.0 Å². The molecule has 0 spiro atoms. The second-order valence-corrected chi connectivity index (χ2v) is 4.41. The van der Waals surface area contributed by atoms with E-state index >= 15 is 0 Å². The number of rotatable bonds is 5. The van der Waals surface area contributed by atoms with Crippen molar-refractivity contribution in [3.63, 3.8) is 0 Å². The van der Waals surface area contributed by atoms with Gasteiger partial charge in [0.2, 0.25) is 5.89 Å². The smallest absolute Gasteiger partial charge is 0.416 e. The van der Waals surface area contributed by atoms with E-state index in [9.17, 15) is 13.2 Å². The average molecular weight is 284 g/mol. The van der Waals surface area contributed by atoms with Gasteiger partial charge in [0.1, 0.15) is 5.76 Å². The summed E-state index contributed by atoms with van der Waals surface area (Å²) in [5, 5.41) is 3.03. The van der Waals surface area contributed by atoms with Crippen molar-refractivity contribution >= 4 is 0 Å². The standard InChI is InChI=1S/C14H15F3N2O/c1-18-8-2-3-12-9-19-13(20-12)10-4-6-11(7-5-10)14(15,16)17/h4-7,9,18H,2-3,8H2,1H3. The Morgan fingerprint density at radius 1 is 1.20 bits per heavy atom. The first-order valence-electron chi connectivity index (χ1n) is 6.27. The summed E-state index contributed by atoms with van der Waals surface area (Å²) in [4.78, 5) is 4.09. The van der Waals surface area contributed by atoms with E-state index in [0.29, 0.717) is 11.5 Å². The van der Waals surface area contributed by atoms with E-state index in [1.165, 1.54) is 12.1 Å². The summed E-state index contributed by atoms with van der Waals surface area (Å²) in [5.74, 6) is 1.08. The predicted octanol–water partition coefficient (Wildman–Crippen LogP) is 3.51. The zero-order valence-electron chi connectivity index (χ0n) is 11.0. The van der Waals surface area contributed by atoms with Gasteiger partial charge in [-0.2, -0.15) is 13.2 Å². The summed E-state index contributed by atoms with van der Waals surface area (Å²) in [6, 6.07) is 4.79. The summed E-state index contributed by atoms with van der Waals surface area (Å²) in [7, 11) is 1.87. The highest BCUT2D eigenvalue weighted by molar-refractivity contribution is 5.53. The van der Waals surface area contributed by atoms with Gasteiger partial charge in [-0.3, -0.25) is 0 Å². The van der Waals surface area contributed by atoms with E-state index in [-0.39, 0.29) is 0 Å². The fourth-order valence-corrected chi connectivity index (χ4v) is 1.80. The van der Waals surface area contributed by atoms with E-state index in [0.717, 1.165) is 37.3 Å². The number of benzene rings is 1. The minimum atomic E-state index is -4.33. The zero-order valence-corrected chi connectivity index (χ0v) is 11.0. The summed E-state index contributed by atoms with van der Waals surface area (Å²) in [5.41, 5.74) is -0.139. The number of nitrogens with zero attached hydrogens (tertiary/aromatic N) is 1. The molecule has 0 aliphatic heterocycles. The van der Waals surface area contributed by atoms with Gasteiger partial charge in [0.15, 0.2) is 0 Å². The molecule has 3 nitrogen and oxygen atoms in total. The number of halogens is 3. The zero-order chi connectivity index (χ0) is 14.6.